The average Bonchev–Trinajstić information content (AvgIpc) is 3.20. The SMILES string of the molecule is C[C@@H](c1ccccc1)N1C[C@H](C(=O)N2CCN(CC(=O)Nc3cccc(F)c3)CC2)CC1=O. The smallest absolute Gasteiger partial charge is 0.238 e. The maximum absolute atomic E-state index is 13.3. The number of carbonyl (C=O) groups is 3. The molecular weight excluding hydrogens is 423 g/mol. The Balaban J connectivity index is 1.25. The van der Waals surface area contributed by atoms with Gasteiger partial charge in [-0.25, -0.2) is 4.39 Å². The number of rotatable bonds is 6. The molecule has 0 saturated carbocycles. The van der Waals surface area contributed by atoms with Crippen LogP contribution in [0.5, 0.6) is 0 Å². The van der Waals surface area contributed by atoms with Gasteiger partial charge in [-0.15, -0.1) is 0 Å². The highest BCUT2D eigenvalue weighted by Crippen LogP contribution is 2.29. The number of nitrogens with one attached hydrogen (secondary N) is 1. The molecule has 8 heteroatoms. The van der Waals surface area contributed by atoms with Gasteiger partial charge in [0, 0.05) is 44.8 Å². The fourth-order valence-corrected chi connectivity index (χ4v) is 4.54. The van der Waals surface area contributed by atoms with E-state index in [0.29, 0.717) is 38.4 Å². The lowest BCUT2D eigenvalue weighted by atomic mass is 10.1. The number of piperazine rings is 1. The van der Waals surface area contributed by atoms with Gasteiger partial charge in [0.05, 0.1) is 18.5 Å². The van der Waals surface area contributed by atoms with Crippen molar-refractivity contribution in [3.63, 3.8) is 0 Å². The van der Waals surface area contributed by atoms with Crippen LogP contribution in [0.15, 0.2) is 54.6 Å². The number of carbonyl (C=O) groups excluding carboxylic acids is 3. The number of amides is 3. The number of halogens is 1. The summed E-state index contributed by atoms with van der Waals surface area (Å²) in [4.78, 5) is 43.5. The molecule has 3 amide bonds. The van der Waals surface area contributed by atoms with Crippen LogP contribution in [0, 0.1) is 11.7 Å². The van der Waals surface area contributed by atoms with Gasteiger partial charge in [0.25, 0.3) is 0 Å². The molecule has 0 bridgehead atoms. The van der Waals surface area contributed by atoms with Crippen molar-refractivity contribution in [2.24, 2.45) is 5.92 Å². The quantitative estimate of drug-likeness (QED) is 0.731. The Bertz CT molecular complexity index is 1010. The summed E-state index contributed by atoms with van der Waals surface area (Å²) in [6, 6.07) is 15.6. The monoisotopic (exact) mass is 452 g/mol. The van der Waals surface area contributed by atoms with Gasteiger partial charge >= 0.3 is 0 Å². The van der Waals surface area contributed by atoms with Gasteiger partial charge in [-0.05, 0) is 30.7 Å². The summed E-state index contributed by atoms with van der Waals surface area (Å²) < 4.78 is 13.3. The van der Waals surface area contributed by atoms with E-state index in [1.807, 2.05) is 42.2 Å². The molecule has 0 spiro atoms. The second kappa shape index (κ2) is 10.1. The fraction of sp³-hybridized carbons (Fsp3) is 0.400. The molecule has 0 aromatic heterocycles. The lowest BCUT2D eigenvalue weighted by molar-refractivity contribution is -0.137. The van der Waals surface area contributed by atoms with Crippen LogP contribution in [0.4, 0.5) is 10.1 Å². The van der Waals surface area contributed by atoms with E-state index < -0.39 is 5.82 Å². The summed E-state index contributed by atoms with van der Waals surface area (Å²) in [6.07, 6.45) is 0.242. The van der Waals surface area contributed by atoms with Gasteiger partial charge in [0.2, 0.25) is 17.7 Å². The molecule has 2 aromatic carbocycles. The molecule has 174 valence electrons. The Hall–Kier alpha value is -3.26. The van der Waals surface area contributed by atoms with Crippen molar-refractivity contribution in [1.29, 1.82) is 0 Å². The highest BCUT2D eigenvalue weighted by Gasteiger charge is 2.39. The lowest BCUT2D eigenvalue weighted by Crippen LogP contribution is -2.52. The Kier molecular flexibility index (Phi) is 7.03. The highest BCUT2D eigenvalue weighted by atomic mass is 19.1. The second-order valence-corrected chi connectivity index (χ2v) is 8.69. The summed E-state index contributed by atoms with van der Waals surface area (Å²) >= 11 is 0. The molecule has 33 heavy (non-hydrogen) atoms. The topological polar surface area (TPSA) is 73.0 Å². The van der Waals surface area contributed by atoms with E-state index in [2.05, 4.69) is 5.32 Å². The molecule has 2 aliphatic heterocycles. The van der Waals surface area contributed by atoms with Crippen LogP contribution in [-0.4, -0.2) is 71.7 Å². The van der Waals surface area contributed by atoms with Crippen molar-refractivity contribution >= 4 is 23.4 Å². The van der Waals surface area contributed by atoms with E-state index in [0.717, 1.165) is 5.56 Å². The number of hydrogen-bond acceptors (Lipinski definition) is 4. The summed E-state index contributed by atoms with van der Waals surface area (Å²) in [6.45, 7) is 4.80. The zero-order valence-corrected chi connectivity index (χ0v) is 18.7. The molecule has 7 nitrogen and oxygen atoms in total. The zero-order chi connectivity index (χ0) is 23.4. The first-order valence-corrected chi connectivity index (χ1v) is 11.3. The maximum atomic E-state index is 13.3. The first kappa shape index (κ1) is 22.9. The van der Waals surface area contributed by atoms with E-state index in [-0.39, 0.29) is 42.6 Å². The van der Waals surface area contributed by atoms with E-state index in [1.165, 1.54) is 12.1 Å². The van der Waals surface area contributed by atoms with Gasteiger partial charge in [-0.1, -0.05) is 36.4 Å². The van der Waals surface area contributed by atoms with Gasteiger partial charge in [0.15, 0.2) is 0 Å². The van der Waals surface area contributed by atoms with Crippen LogP contribution in [0.1, 0.15) is 24.9 Å². The Morgan fingerprint density at radius 2 is 1.79 bits per heavy atom. The fourth-order valence-electron chi connectivity index (χ4n) is 4.54. The predicted molar refractivity (Wildman–Crippen MR) is 123 cm³/mol. The van der Waals surface area contributed by atoms with Crippen molar-refractivity contribution in [2.75, 3.05) is 44.6 Å². The van der Waals surface area contributed by atoms with Crippen molar-refractivity contribution < 1.29 is 18.8 Å². The van der Waals surface area contributed by atoms with Gasteiger partial charge in [-0.2, -0.15) is 0 Å². The third kappa shape index (κ3) is 5.57. The third-order valence-electron chi connectivity index (χ3n) is 6.42. The van der Waals surface area contributed by atoms with Crippen LogP contribution >= 0.6 is 0 Å². The number of anilines is 1. The summed E-state index contributed by atoms with van der Waals surface area (Å²) in [5, 5.41) is 2.70. The predicted octanol–water partition coefficient (Wildman–Crippen LogP) is 2.52. The minimum Gasteiger partial charge on any atom is -0.340 e. The van der Waals surface area contributed by atoms with Crippen molar-refractivity contribution in [3.05, 3.63) is 66.0 Å². The minimum absolute atomic E-state index is 0.00924. The molecule has 2 fully saturated rings. The molecule has 4 rings (SSSR count). The standard InChI is InChI=1S/C25H29FN4O3/c1-18(19-6-3-2-4-7-19)30-16-20(14-24(30)32)25(33)29-12-10-28(11-13-29)17-23(31)27-22-9-5-8-21(26)15-22/h2-9,15,18,20H,10-14,16-17H2,1H3,(H,27,31)/t18-,20+/m0/s1. The number of hydrogen-bond donors (Lipinski definition) is 1. The van der Waals surface area contributed by atoms with Crippen LogP contribution in [0.3, 0.4) is 0 Å². The summed E-state index contributed by atoms with van der Waals surface area (Å²) in [7, 11) is 0. The number of benzene rings is 2. The second-order valence-electron chi connectivity index (χ2n) is 8.69. The normalized spacial score (nSPS) is 20.1. The molecule has 1 N–H and O–H groups in total. The van der Waals surface area contributed by atoms with E-state index in [1.54, 1.807) is 21.9 Å². The third-order valence-corrected chi connectivity index (χ3v) is 6.42. The van der Waals surface area contributed by atoms with Crippen LogP contribution < -0.4 is 5.32 Å². The van der Waals surface area contributed by atoms with Crippen molar-refractivity contribution in [3.8, 4) is 0 Å². The van der Waals surface area contributed by atoms with Gasteiger partial charge in [-0.3, -0.25) is 19.3 Å². The molecule has 2 aromatic rings. The first-order valence-electron chi connectivity index (χ1n) is 11.3. The summed E-state index contributed by atoms with van der Waals surface area (Å²) in [5.74, 6) is -0.923. The van der Waals surface area contributed by atoms with Crippen molar-refractivity contribution in [1.82, 2.24) is 14.7 Å². The molecule has 2 atom stereocenters. The number of nitrogens with zero attached hydrogens (tertiary/aromatic N) is 3. The molecule has 0 unspecified atom stereocenters. The Labute approximate surface area is 193 Å². The van der Waals surface area contributed by atoms with Crippen molar-refractivity contribution in [2.45, 2.75) is 19.4 Å². The molecule has 2 saturated heterocycles. The van der Waals surface area contributed by atoms with Crippen LogP contribution in [0.2, 0.25) is 0 Å². The van der Waals surface area contributed by atoms with Gasteiger partial charge in [0.1, 0.15) is 5.82 Å². The molecular formula is C25H29FN4O3. The number of likely N-dealkylation sites (tertiary alicyclic amines) is 1. The Morgan fingerprint density at radius 1 is 1.06 bits per heavy atom. The zero-order valence-electron chi connectivity index (χ0n) is 18.7. The molecule has 0 radical (unpaired) electrons. The average molecular weight is 453 g/mol. The molecule has 2 aliphatic rings. The van der Waals surface area contributed by atoms with E-state index in [9.17, 15) is 18.8 Å². The maximum Gasteiger partial charge on any atom is 0.238 e. The minimum atomic E-state index is -0.401. The largest absolute Gasteiger partial charge is 0.340 e. The van der Waals surface area contributed by atoms with Gasteiger partial charge < -0.3 is 15.1 Å². The molecule has 0 aliphatic carbocycles. The first-order chi connectivity index (χ1) is 15.9. The van der Waals surface area contributed by atoms with Crippen LogP contribution in [0.25, 0.3) is 0 Å². The van der Waals surface area contributed by atoms with E-state index >= 15 is 0 Å². The Morgan fingerprint density at radius 3 is 2.48 bits per heavy atom. The lowest BCUT2D eigenvalue weighted by Gasteiger charge is -2.35. The van der Waals surface area contributed by atoms with E-state index in [4.69, 9.17) is 0 Å². The summed E-state index contributed by atoms with van der Waals surface area (Å²) in [5.41, 5.74) is 1.48. The van der Waals surface area contributed by atoms with Crippen LogP contribution in [-0.2, 0) is 14.4 Å². The molecule has 2 heterocycles. The highest BCUT2D eigenvalue weighted by molar-refractivity contribution is 5.92.